The number of nitrogens with zero attached hydrogens (tertiary/aromatic N) is 3. The van der Waals surface area contributed by atoms with Crippen molar-refractivity contribution in [3.8, 4) is 17.6 Å². The van der Waals surface area contributed by atoms with Crippen LogP contribution in [0.25, 0.3) is 0 Å². The molecule has 1 amide bonds. The van der Waals surface area contributed by atoms with E-state index in [-0.39, 0.29) is 11.4 Å². The van der Waals surface area contributed by atoms with E-state index < -0.39 is 0 Å². The minimum absolute atomic E-state index is 0.0709. The van der Waals surface area contributed by atoms with E-state index in [4.69, 9.17) is 4.74 Å². The number of rotatable bonds is 1. The van der Waals surface area contributed by atoms with Crippen LogP contribution in [0, 0.1) is 11.8 Å². The van der Waals surface area contributed by atoms with E-state index in [2.05, 4.69) is 42.5 Å². The fraction of sp³-hybridized carbons (Fsp3) is 0.550. The molecule has 0 bridgehead atoms. The summed E-state index contributed by atoms with van der Waals surface area (Å²) in [5.41, 5.74) is 1.53. The van der Waals surface area contributed by atoms with Crippen molar-refractivity contribution >= 4 is 11.6 Å². The number of ether oxygens (including phenoxy) is 1. The second kappa shape index (κ2) is 7.07. The van der Waals surface area contributed by atoms with Gasteiger partial charge in [0.15, 0.2) is 0 Å². The molecule has 1 saturated heterocycles. The number of fused-ring (bicyclic) bond motifs is 1. The average molecular weight is 341 g/mol. The summed E-state index contributed by atoms with van der Waals surface area (Å²) < 4.78 is 5.67. The smallest absolute Gasteiger partial charge is 0.230 e. The third-order valence-electron chi connectivity index (χ3n) is 5.07. The summed E-state index contributed by atoms with van der Waals surface area (Å²) in [6.45, 7) is 9.00. The highest BCUT2D eigenvalue weighted by molar-refractivity contribution is 5.95. The molecule has 2 heterocycles. The summed E-state index contributed by atoms with van der Waals surface area (Å²) in [5, 5.41) is 0. The fourth-order valence-electron chi connectivity index (χ4n) is 3.20. The average Bonchev–Trinajstić information content (AvgIpc) is 2.73. The van der Waals surface area contributed by atoms with Crippen LogP contribution in [-0.4, -0.2) is 68.1 Å². The Kier molecular flexibility index (Phi) is 5.03. The molecule has 2 aliphatic heterocycles. The third-order valence-corrected chi connectivity index (χ3v) is 5.07. The summed E-state index contributed by atoms with van der Waals surface area (Å²) in [5.74, 6) is 7.54. The van der Waals surface area contributed by atoms with Crippen molar-refractivity contribution in [2.24, 2.45) is 0 Å². The van der Waals surface area contributed by atoms with Crippen molar-refractivity contribution in [1.29, 1.82) is 0 Å². The van der Waals surface area contributed by atoms with E-state index in [9.17, 15) is 4.79 Å². The highest BCUT2D eigenvalue weighted by atomic mass is 16.5. The second-order valence-electron chi connectivity index (χ2n) is 7.33. The lowest BCUT2D eigenvalue weighted by Crippen LogP contribution is -2.53. The van der Waals surface area contributed by atoms with Crippen molar-refractivity contribution < 1.29 is 9.53 Å². The highest BCUT2D eigenvalue weighted by Gasteiger charge is 2.27. The zero-order valence-electron chi connectivity index (χ0n) is 15.6. The number of benzene rings is 1. The Bertz CT molecular complexity index is 709. The van der Waals surface area contributed by atoms with Crippen molar-refractivity contribution in [2.45, 2.75) is 25.8 Å². The summed E-state index contributed by atoms with van der Waals surface area (Å²) in [6, 6.07) is 5.83. The maximum absolute atomic E-state index is 12.0. The maximum atomic E-state index is 12.0. The van der Waals surface area contributed by atoms with Gasteiger partial charge in [-0.05, 0) is 39.1 Å². The molecule has 1 fully saturated rings. The first kappa shape index (κ1) is 17.8. The van der Waals surface area contributed by atoms with Gasteiger partial charge in [0.05, 0.1) is 24.3 Å². The Balaban J connectivity index is 1.81. The molecule has 1 aromatic carbocycles. The number of hydrogen-bond donors (Lipinski definition) is 0. The first-order chi connectivity index (χ1) is 11.9. The molecule has 0 saturated carbocycles. The van der Waals surface area contributed by atoms with Crippen LogP contribution >= 0.6 is 0 Å². The van der Waals surface area contributed by atoms with Crippen LogP contribution in [0.2, 0.25) is 0 Å². The van der Waals surface area contributed by atoms with Gasteiger partial charge in [-0.15, -0.1) is 0 Å². The number of likely N-dealkylation sites (N-methyl/N-ethyl adjacent to an activating group) is 1. The normalized spacial score (nSPS) is 19.5. The molecule has 5 nitrogen and oxygen atoms in total. The quantitative estimate of drug-likeness (QED) is 0.730. The molecule has 134 valence electrons. The predicted molar refractivity (Wildman–Crippen MR) is 100.0 cm³/mol. The Morgan fingerprint density at radius 2 is 1.84 bits per heavy atom. The summed E-state index contributed by atoms with van der Waals surface area (Å²) >= 11 is 0. The summed E-state index contributed by atoms with van der Waals surface area (Å²) in [7, 11) is 3.95. The molecule has 0 N–H and O–H groups in total. The van der Waals surface area contributed by atoms with Gasteiger partial charge in [0.25, 0.3) is 0 Å². The first-order valence-electron chi connectivity index (χ1n) is 8.87. The predicted octanol–water partition coefficient (Wildman–Crippen LogP) is 1.81. The van der Waals surface area contributed by atoms with Gasteiger partial charge >= 0.3 is 0 Å². The Labute approximate surface area is 150 Å². The number of carbonyl (C=O) groups excluding carboxylic acids is 1. The summed E-state index contributed by atoms with van der Waals surface area (Å²) in [6.07, 6.45) is 0.405. The molecule has 2 aliphatic rings. The van der Waals surface area contributed by atoms with Gasteiger partial charge in [-0.3, -0.25) is 9.69 Å². The van der Waals surface area contributed by atoms with Crippen molar-refractivity contribution in [3.05, 3.63) is 23.8 Å². The van der Waals surface area contributed by atoms with Crippen LogP contribution in [0.4, 0.5) is 5.69 Å². The van der Waals surface area contributed by atoms with E-state index in [1.54, 1.807) is 11.9 Å². The number of piperazine rings is 1. The van der Waals surface area contributed by atoms with E-state index in [0.29, 0.717) is 13.0 Å². The van der Waals surface area contributed by atoms with Gasteiger partial charge < -0.3 is 14.5 Å². The Morgan fingerprint density at radius 3 is 2.56 bits per heavy atom. The third kappa shape index (κ3) is 3.97. The standard InChI is InChI=1S/C20H27N3O2/c1-20(2,23-12-10-21(3)11-13-23)9-7-16-5-6-18-17(15-16)22(4)19(24)8-14-25-18/h5-6,15H,8,10-14H2,1-4H3. The zero-order valence-corrected chi connectivity index (χ0v) is 15.6. The minimum atomic E-state index is -0.174. The molecule has 0 radical (unpaired) electrons. The second-order valence-corrected chi connectivity index (χ2v) is 7.33. The van der Waals surface area contributed by atoms with Gasteiger partial charge in [-0.2, -0.15) is 0 Å². The van der Waals surface area contributed by atoms with Gasteiger partial charge in [0.2, 0.25) is 5.91 Å². The van der Waals surface area contributed by atoms with Crippen LogP contribution in [0.1, 0.15) is 25.8 Å². The van der Waals surface area contributed by atoms with E-state index >= 15 is 0 Å². The van der Waals surface area contributed by atoms with Crippen LogP contribution in [0.15, 0.2) is 18.2 Å². The van der Waals surface area contributed by atoms with Gasteiger partial charge in [0, 0.05) is 38.8 Å². The Morgan fingerprint density at radius 1 is 1.12 bits per heavy atom. The van der Waals surface area contributed by atoms with Gasteiger partial charge in [-0.1, -0.05) is 11.8 Å². The molecule has 1 aromatic rings. The molecule has 0 aliphatic carbocycles. The van der Waals surface area contributed by atoms with Gasteiger partial charge in [-0.25, -0.2) is 0 Å². The van der Waals surface area contributed by atoms with Crippen LogP contribution in [0.3, 0.4) is 0 Å². The van der Waals surface area contributed by atoms with Crippen LogP contribution in [0.5, 0.6) is 5.75 Å². The molecular weight excluding hydrogens is 314 g/mol. The first-order valence-corrected chi connectivity index (χ1v) is 8.87. The molecule has 3 rings (SSSR count). The van der Waals surface area contributed by atoms with Crippen molar-refractivity contribution in [1.82, 2.24) is 9.80 Å². The lowest BCUT2D eigenvalue weighted by Gasteiger charge is -2.40. The molecule has 5 heteroatoms. The zero-order chi connectivity index (χ0) is 18.0. The topological polar surface area (TPSA) is 36.0 Å². The monoisotopic (exact) mass is 341 g/mol. The SMILES string of the molecule is CN1CCN(C(C)(C)C#Cc2ccc3c(c2)N(C)C(=O)CCO3)CC1. The number of hydrogen-bond acceptors (Lipinski definition) is 4. The van der Waals surface area contributed by atoms with Crippen molar-refractivity contribution in [2.75, 3.05) is 51.8 Å². The lowest BCUT2D eigenvalue weighted by atomic mass is 10.0. The van der Waals surface area contributed by atoms with Gasteiger partial charge in [0.1, 0.15) is 5.75 Å². The minimum Gasteiger partial charge on any atom is -0.491 e. The largest absolute Gasteiger partial charge is 0.491 e. The maximum Gasteiger partial charge on any atom is 0.230 e. The van der Waals surface area contributed by atoms with E-state index in [1.165, 1.54) is 0 Å². The lowest BCUT2D eigenvalue weighted by molar-refractivity contribution is -0.118. The molecule has 0 spiro atoms. The van der Waals surface area contributed by atoms with E-state index in [0.717, 1.165) is 43.2 Å². The molecule has 25 heavy (non-hydrogen) atoms. The van der Waals surface area contributed by atoms with Crippen LogP contribution < -0.4 is 9.64 Å². The molecule has 0 aromatic heterocycles. The Hall–Kier alpha value is -2.03. The van der Waals surface area contributed by atoms with Crippen LogP contribution in [-0.2, 0) is 4.79 Å². The van der Waals surface area contributed by atoms with Crippen molar-refractivity contribution in [3.63, 3.8) is 0 Å². The fourth-order valence-corrected chi connectivity index (χ4v) is 3.20. The van der Waals surface area contributed by atoms with E-state index in [1.807, 2.05) is 18.2 Å². The number of carbonyl (C=O) groups is 1. The molecule has 0 unspecified atom stereocenters. The summed E-state index contributed by atoms with van der Waals surface area (Å²) in [4.78, 5) is 18.5. The molecule has 0 atom stereocenters. The number of amides is 1. The molecular formula is C20H27N3O2. The highest BCUT2D eigenvalue weighted by Crippen LogP contribution is 2.31. The number of anilines is 1.